The van der Waals surface area contributed by atoms with Crippen molar-refractivity contribution in [2.75, 3.05) is 39.8 Å². The van der Waals surface area contributed by atoms with Crippen molar-refractivity contribution in [1.82, 2.24) is 14.7 Å². The van der Waals surface area contributed by atoms with Crippen molar-refractivity contribution < 1.29 is 9.90 Å². The van der Waals surface area contributed by atoms with Crippen molar-refractivity contribution in [2.45, 2.75) is 56.5 Å². The zero-order valence-electron chi connectivity index (χ0n) is 17.0. The minimum atomic E-state index is -0.749. The van der Waals surface area contributed by atoms with Crippen LogP contribution in [-0.4, -0.2) is 71.7 Å². The number of piperazine rings is 1. The summed E-state index contributed by atoms with van der Waals surface area (Å²) in [6, 6.07) is 10.3. The van der Waals surface area contributed by atoms with Crippen molar-refractivity contribution in [1.29, 1.82) is 0 Å². The number of carboxylic acid groups (broad SMARTS) is 1. The van der Waals surface area contributed by atoms with Crippen LogP contribution in [0, 0.1) is 5.41 Å². The van der Waals surface area contributed by atoms with Gasteiger partial charge in [0.05, 0.1) is 0 Å². The van der Waals surface area contributed by atoms with Gasteiger partial charge in [0.25, 0.3) is 0 Å². The van der Waals surface area contributed by atoms with Gasteiger partial charge in [-0.05, 0) is 68.0 Å². The summed E-state index contributed by atoms with van der Waals surface area (Å²) in [7, 11) is 2.26. The van der Waals surface area contributed by atoms with Crippen LogP contribution < -0.4 is 0 Å². The molecular formula is C23H33N3O2. The fraction of sp³-hybridized carbons (Fsp3) is 0.696. The van der Waals surface area contributed by atoms with Crippen LogP contribution in [0.1, 0.15) is 61.6 Å². The number of benzene rings is 1. The van der Waals surface area contributed by atoms with E-state index in [4.69, 9.17) is 0 Å². The topological polar surface area (TPSA) is 47.0 Å². The summed E-state index contributed by atoms with van der Waals surface area (Å²) in [5.74, 6) is 0.777. The molecule has 2 saturated heterocycles. The van der Waals surface area contributed by atoms with Gasteiger partial charge in [-0.3, -0.25) is 4.90 Å². The molecule has 1 aromatic rings. The third-order valence-corrected chi connectivity index (χ3v) is 8.05. The second-order valence-corrected chi connectivity index (χ2v) is 9.61. The Hall–Kier alpha value is -1.59. The van der Waals surface area contributed by atoms with Gasteiger partial charge in [0, 0.05) is 44.8 Å². The molecule has 5 rings (SSSR count). The molecular weight excluding hydrogens is 350 g/mol. The molecule has 4 aliphatic rings. The van der Waals surface area contributed by atoms with Gasteiger partial charge in [-0.15, -0.1) is 0 Å². The largest absolute Gasteiger partial charge is 0.465 e. The fourth-order valence-corrected chi connectivity index (χ4v) is 6.09. The Balaban J connectivity index is 1.40. The van der Waals surface area contributed by atoms with Gasteiger partial charge in [0.1, 0.15) is 0 Å². The first kappa shape index (κ1) is 18.4. The molecule has 0 aromatic heterocycles. The Labute approximate surface area is 168 Å². The van der Waals surface area contributed by atoms with Crippen molar-refractivity contribution in [3.8, 4) is 0 Å². The lowest BCUT2D eigenvalue weighted by molar-refractivity contribution is -0.0975. The quantitative estimate of drug-likeness (QED) is 0.863. The first-order valence-electron chi connectivity index (χ1n) is 11.1. The summed E-state index contributed by atoms with van der Waals surface area (Å²) in [5, 5.41) is 9.33. The molecule has 28 heavy (non-hydrogen) atoms. The van der Waals surface area contributed by atoms with Gasteiger partial charge in [-0.25, -0.2) is 4.79 Å². The Morgan fingerprint density at radius 3 is 2.32 bits per heavy atom. The second kappa shape index (κ2) is 7.03. The van der Waals surface area contributed by atoms with Gasteiger partial charge >= 0.3 is 6.09 Å². The summed E-state index contributed by atoms with van der Waals surface area (Å²) in [6.07, 6.45) is 6.56. The Morgan fingerprint density at radius 1 is 1.00 bits per heavy atom. The van der Waals surface area contributed by atoms with E-state index in [0.717, 1.165) is 38.4 Å². The molecule has 5 heteroatoms. The number of amides is 1. The SMILES string of the molecule is CN1CCN(C2CCC23CCN(C(=O)O)CC3)C(c2ccccc2C2CC2)C1. The average molecular weight is 384 g/mol. The van der Waals surface area contributed by atoms with Crippen LogP contribution >= 0.6 is 0 Å². The molecule has 4 fully saturated rings. The predicted octanol–water partition coefficient (Wildman–Crippen LogP) is 3.78. The summed E-state index contributed by atoms with van der Waals surface area (Å²) < 4.78 is 0. The van der Waals surface area contributed by atoms with Gasteiger partial charge in [-0.1, -0.05) is 24.3 Å². The first-order chi connectivity index (χ1) is 13.6. The molecule has 1 spiro atoms. The van der Waals surface area contributed by atoms with E-state index >= 15 is 0 Å². The number of carbonyl (C=O) groups is 1. The molecule has 1 amide bonds. The highest BCUT2D eigenvalue weighted by Crippen LogP contribution is 2.54. The van der Waals surface area contributed by atoms with Crippen LogP contribution in [0.3, 0.4) is 0 Å². The molecule has 2 heterocycles. The number of piperidine rings is 1. The van der Waals surface area contributed by atoms with Crippen LogP contribution in [0.25, 0.3) is 0 Å². The number of likely N-dealkylation sites (N-methyl/N-ethyl adjacent to an activating group) is 1. The van der Waals surface area contributed by atoms with E-state index < -0.39 is 6.09 Å². The third-order valence-electron chi connectivity index (χ3n) is 8.05. The summed E-state index contributed by atoms with van der Waals surface area (Å²) in [4.78, 5) is 18.3. The van der Waals surface area contributed by atoms with Crippen LogP contribution in [-0.2, 0) is 0 Å². The molecule has 2 aliphatic heterocycles. The van der Waals surface area contributed by atoms with Crippen LogP contribution in [0.4, 0.5) is 4.79 Å². The molecule has 2 atom stereocenters. The molecule has 2 aliphatic carbocycles. The lowest BCUT2D eigenvalue weighted by Crippen LogP contribution is -2.63. The lowest BCUT2D eigenvalue weighted by atomic mass is 9.58. The Bertz CT molecular complexity index is 739. The third kappa shape index (κ3) is 3.13. The van der Waals surface area contributed by atoms with E-state index in [2.05, 4.69) is 41.1 Å². The summed E-state index contributed by atoms with van der Waals surface area (Å²) in [6.45, 7) is 4.80. The van der Waals surface area contributed by atoms with E-state index in [0.29, 0.717) is 30.6 Å². The zero-order chi connectivity index (χ0) is 19.3. The van der Waals surface area contributed by atoms with E-state index in [9.17, 15) is 9.90 Å². The molecule has 5 nitrogen and oxygen atoms in total. The molecule has 0 bridgehead atoms. The van der Waals surface area contributed by atoms with Gasteiger partial charge in [0.15, 0.2) is 0 Å². The minimum absolute atomic E-state index is 0.342. The molecule has 0 radical (unpaired) electrons. The van der Waals surface area contributed by atoms with Crippen LogP contribution in [0.2, 0.25) is 0 Å². The van der Waals surface area contributed by atoms with E-state index in [1.165, 1.54) is 25.7 Å². The number of hydrogen-bond donors (Lipinski definition) is 1. The molecule has 2 unspecified atom stereocenters. The van der Waals surface area contributed by atoms with E-state index in [1.807, 2.05) is 0 Å². The van der Waals surface area contributed by atoms with Crippen LogP contribution in [0.5, 0.6) is 0 Å². The molecule has 152 valence electrons. The Morgan fingerprint density at radius 2 is 1.71 bits per heavy atom. The maximum Gasteiger partial charge on any atom is 0.407 e. The predicted molar refractivity (Wildman–Crippen MR) is 110 cm³/mol. The van der Waals surface area contributed by atoms with Crippen molar-refractivity contribution >= 4 is 6.09 Å². The van der Waals surface area contributed by atoms with Gasteiger partial charge in [-0.2, -0.15) is 0 Å². The maximum absolute atomic E-state index is 11.3. The molecule has 1 aromatic carbocycles. The number of nitrogens with zero attached hydrogens (tertiary/aromatic N) is 3. The molecule has 2 saturated carbocycles. The van der Waals surface area contributed by atoms with Crippen molar-refractivity contribution in [3.63, 3.8) is 0 Å². The van der Waals surface area contributed by atoms with Crippen molar-refractivity contribution in [2.24, 2.45) is 5.41 Å². The van der Waals surface area contributed by atoms with Crippen molar-refractivity contribution in [3.05, 3.63) is 35.4 Å². The van der Waals surface area contributed by atoms with E-state index in [1.54, 1.807) is 16.0 Å². The normalized spacial score (nSPS) is 31.0. The monoisotopic (exact) mass is 383 g/mol. The van der Waals surface area contributed by atoms with Crippen LogP contribution in [0.15, 0.2) is 24.3 Å². The van der Waals surface area contributed by atoms with E-state index in [-0.39, 0.29) is 0 Å². The average Bonchev–Trinajstić information content (AvgIpc) is 3.54. The minimum Gasteiger partial charge on any atom is -0.465 e. The highest BCUT2D eigenvalue weighted by atomic mass is 16.4. The molecule has 1 N–H and O–H groups in total. The standard InChI is InChI=1S/C23H33N3O2/c1-24-14-15-26(20(16-24)19-5-3-2-4-18(19)17-6-7-17)21-8-9-23(21)10-12-25(13-11-23)22(27)28/h2-5,17,20-21H,6-16H2,1H3,(H,27,28). The first-order valence-corrected chi connectivity index (χ1v) is 11.1. The Kier molecular flexibility index (Phi) is 4.63. The number of likely N-dealkylation sites (tertiary alicyclic amines) is 1. The zero-order valence-corrected chi connectivity index (χ0v) is 17.0. The summed E-state index contributed by atoms with van der Waals surface area (Å²) in [5.41, 5.74) is 3.48. The number of hydrogen-bond acceptors (Lipinski definition) is 3. The smallest absolute Gasteiger partial charge is 0.407 e. The second-order valence-electron chi connectivity index (χ2n) is 9.61. The maximum atomic E-state index is 11.3. The highest BCUT2D eigenvalue weighted by molar-refractivity contribution is 5.65. The number of rotatable bonds is 3. The fourth-order valence-electron chi connectivity index (χ4n) is 6.09. The lowest BCUT2D eigenvalue weighted by Gasteiger charge is -2.60. The highest BCUT2D eigenvalue weighted by Gasteiger charge is 2.53. The van der Waals surface area contributed by atoms with Gasteiger partial charge < -0.3 is 14.9 Å². The summed E-state index contributed by atoms with van der Waals surface area (Å²) >= 11 is 0. The van der Waals surface area contributed by atoms with Gasteiger partial charge in [0.2, 0.25) is 0 Å².